The number of ether oxygens (including phenoxy) is 2. The lowest BCUT2D eigenvalue weighted by molar-refractivity contribution is -0.870. The van der Waals surface area contributed by atoms with Gasteiger partial charge in [0.2, 0.25) is 0 Å². The van der Waals surface area contributed by atoms with E-state index in [0.717, 1.165) is 44.9 Å². The molecule has 65 heavy (non-hydrogen) atoms. The summed E-state index contributed by atoms with van der Waals surface area (Å²) >= 11 is 0. The van der Waals surface area contributed by atoms with E-state index in [1.807, 2.05) is 69.8 Å². The van der Waals surface area contributed by atoms with E-state index in [9.17, 15) is 24.2 Å². The van der Waals surface area contributed by atoms with Gasteiger partial charge >= 0.3 is 11.9 Å². The number of nitrogens with zero attached hydrogens (tertiary/aromatic N) is 1. The van der Waals surface area contributed by atoms with Gasteiger partial charge in [0.15, 0.2) is 6.10 Å². The Balaban J connectivity index is 4.42. The molecular weight excluding hydrogens is 838 g/mol. The summed E-state index contributed by atoms with van der Waals surface area (Å²) in [6, 6.07) is 0. The molecule has 0 aromatic rings. The molecule has 0 aromatic carbocycles. The predicted molar refractivity (Wildman–Crippen MR) is 269 cm³/mol. The van der Waals surface area contributed by atoms with E-state index in [4.69, 9.17) is 18.5 Å². The second-order valence-corrected chi connectivity index (χ2v) is 19.4. The lowest BCUT2D eigenvalue weighted by atomic mass is 10.0. The van der Waals surface area contributed by atoms with Crippen LogP contribution in [0.1, 0.15) is 187 Å². The molecule has 10 nitrogen and oxygen atoms in total. The summed E-state index contributed by atoms with van der Waals surface area (Å²) in [7, 11) is 1.09. The van der Waals surface area contributed by atoms with Crippen LogP contribution in [0.25, 0.3) is 0 Å². The number of carbonyl (C=O) groups is 2. The number of hydrogen-bond donors (Lipinski definition) is 1. The van der Waals surface area contributed by atoms with Crippen LogP contribution in [0.15, 0.2) is 85.1 Å². The Bertz CT molecular complexity index is 1390. The van der Waals surface area contributed by atoms with Gasteiger partial charge in [0, 0.05) is 12.8 Å². The van der Waals surface area contributed by atoms with Crippen LogP contribution in [0, 0.1) is 0 Å². The first-order valence-electron chi connectivity index (χ1n) is 25.4. The Morgan fingerprint density at radius 1 is 0.585 bits per heavy atom. The molecule has 0 rings (SSSR count). The lowest BCUT2D eigenvalue weighted by Crippen LogP contribution is -2.37. The average Bonchev–Trinajstić information content (AvgIpc) is 3.26. The molecule has 0 spiro atoms. The maximum absolute atomic E-state index is 12.7. The summed E-state index contributed by atoms with van der Waals surface area (Å²) in [4.78, 5) is 37.7. The van der Waals surface area contributed by atoms with Crippen molar-refractivity contribution in [1.29, 1.82) is 0 Å². The molecule has 0 saturated carbocycles. The third-order valence-corrected chi connectivity index (χ3v) is 11.5. The molecule has 374 valence electrons. The molecule has 1 N–H and O–H groups in total. The van der Waals surface area contributed by atoms with Gasteiger partial charge in [-0.05, 0) is 70.6 Å². The molecule has 0 bridgehead atoms. The number of likely N-dealkylation sites (N-methyl/N-ethyl adjacent to an activating group) is 1. The number of hydrogen-bond acceptors (Lipinski definition) is 9. The van der Waals surface area contributed by atoms with E-state index in [1.165, 1.54) is 96.3 Å². The minimum absolute atomic E-state index is 0.0542. The summed E-state index contributed by atoms with van der Waals surface area (Å²) in [6.07, 6.45) is 55.1. The topological polar surface area (TPSA) is 131 Å². The zero-order chi connectivity index (χ0) is 48.0. The van der Waals surface area contributed by atoms with Gasteiger partial charge in [0.1, 0.15) is 19.8 Å². The molecule has 0 saturated heterocycles. The normalized spacial score (nSPS) is 14.6. The standard InChI is InChI=1S/C54H94NO9P/c1-6-8-10-12-14-15-16-17-18-19-20-21-22-23-24-25-26-31-34-38-42-46-54(58)64-52(50-63-65(59,60)62-48-47-55(3,4)5)49-61-53(57)45-41-37-33-30-28-27-29-32-36-40-44-51(56)43-39-35-13-11-9-7-2/h9,11,17-18,27-28,32-33,35-37,39-40,44,51-52,56H,6-8,10,12-16,19-26,29-31,34,38,41-43,45-50H2,1-5H3/b11-9-,18-17-,28-27-,36-32-,37-33-,39-35-,44-40+/t51?,52-/m1/s1. The van der Waals surface area contributed by atoms with Crippen LogP contribution < -0.4 is 4.89 Å². The van der Waals surface area contributed by atoms with Crippen LogP contribution >= 0.6 is 7.82 Å². The minimum Gasteiger partial charge on any atom is -0.756 e. The van der Waals surface area contributed by atoms with E-state index in [-0.39, 0.29) is 26.1 Å². The third kappa shape index (κ3) is 48.9. The molecule has 0 aromatic heterocycles. The molecule has 3 atom stereocenters. The third-order valence-electron chi connectivity index (χ3n) is 10.5. The van der Waals surface area contributed by atoms with Crippen molar-refractivity contribution in [1.82, 2.24) is 0 Å². The van der Waals surface area contributed by atoms with Gasteiger partial charge in [0.05, 0.1) is 33.9 Å². The van der Waals surface area contributed by atoms with Crippen LogP contribution in [-0.4, -0.2) is 81.2 Å². The number of aliphatic hydroxyl groups is 1. The van der Waals surface area contributed by atoms with Gasteiger partial charge in [0.25, 0.3) is 7.82 Å². The Morgan fingerprint density at radius 2 is 1.11 bits per heavy atom. The van der Waals surface area contributed by atoms with Crippen molar-refractivity contribution < 1.29 is 47.2 Å². The molecule has 0 aliphatic heterocycles. The van der Waals surface area contributed by atoms with Crippen molar-refractivity contribution in [3.05, 3.63) is 85.1 Å². The summed E-state index contributed by atoms with van der Waals surface area (Å²) in [6.45, 7) is 3.94. The lowest BCUT2D eigenvalue weighted by Gasteiger charge is -2.28. The highest BCUT2D eigenvalue weighted by Gasteiger charge is 2.21. The summed E-state index contributed by atoms with van der Waals surface area (Å²) < 4.78 is 33.9. The first-order chi connectivity index (χ1) is 31.4. The van der Waals surface area contributed by atoms with Gasteiger partial charge in [-0.25, -0.2) is 0 Å². The van der Waals surface area contributed by atoms with Gasteiger partial charge in [-0.3, -0.25) is 14.2 Å². The number of quaternary nitrogens is 1. The molecule has 0 heterocycles. The van der Waals surface area contributed by atoms with E-state index in [1.54, 1.807) is 6.08 Å². The molecule has 0 fully saturated rings. The Hall–Kier alpha value is -2.85. The zero-order valence-electron chi connectivity index (χ0n) is 41.8. The molecule has 11 heteroatoms. The number of phosphoric acid groups is 1. The van der Waals surface area contributed by atoms with Crippen molar-refractivity contribution >= 4 is 19.8 Å². The van der Waals surface area contributed by atoms with Crippen molar-refractivity contribution in [2.75, 3.05) is 47.5 Å². The van der Waals surface area contributed by atoms with Crippen LogP contribution in [0.4, 0.5) is 0 Å². The van der Waals surface area contributed by atoms with E-state index in [0.29, 0.717) is 30.3 Å². The SMILES string of the molecule is CC/C=C\C/C=C\CC(O)/C=C/C=C\C/C=C\C/C=C\CCC(=O)OC[C@H](COP(=O)([O-])OCC[N+](C)(C)C)OC(=O)CCCCCCCCCCCCC/C=C\CCCCCCCC. The van der Waals surface area contributed by atoms with Crippen molar-refractivity contribution in [3.8, 4) is 0 Å². The molecule has 2 unspecified atom stereocenters. The predicted octanol–water partition coefficient (Wildman–Crippen LogP) is 13.5. The summed E-state index contributed by atoms with van der Waals surface area (Å²) in [5.41, 5.74) is 0. The quantitative estimate of drug-likeness (QED) is 0.0158. The zero-order valence-corrected chi connectivity index (χ0v) is 42.7. The Morgan fingerprint density at radius 3 is 1.71 bits per heavy atom. The molecule has 0 aliphatic rings. The maximum atomic E-state index is 12.7. The smallest absolute Gasteiger partial charge is 0.306 e. The first kappa shape index (κ1) is 62.1. The van der Waals surface area contributed by atoms with Gasteiger partial charge in [-0.1, -0.05) is 189 Å². The highest BCUT2D eigenvalue weighted by Crippen LogP contribution is 2.38. The van der Waals surface area contributed by atoms with Crippen LogP contribution in [-0.2, 0) is 32.7 Å². The van der Waals surface area contributed by atoms with Crippen molar-refractivity contribution in [2.45, 2.75) is 199 Å². The first-order valence-corrected chi connectivity index (χ1v) is 26.9. The number of unbranched alkanes of at least 4 members (excludes halogenated alkanes) is 17. The Kier molecular flexibility index (Phi) is 43.0. The minimum atomic E-state index is -4.66. The summed E-state index contributed by atoms with van der Waals surface area (Å²) in [5, 5.41) is 10.0. The fourth-order valence-electron chi connectivity index (χ4n) is 6.52. The number of phosphoric ester groups is 1. The monoisotopic (exact) mass is 932 g/mol. The number of carbonyl (C=O) groups excluding carboxylic acids is 2. The largest absolute Gasteiger partial charge is 0.756 e. The second-order valence-electron chi connectivity index (χ2n) is 18.0. The van der Waals surface area contributed by atoms with Crippen LogP contribution in [0.2, 0.25) is 0 Å². The van der Waals surface area contributed by atoms with Crippen molar-refractivity contribution in [3.63, 3.8) is 0 Å². The van der Waals surface area contributed by atoms with Gasteiger partial charge < -0.3 is 33.0 Å². The molecule has 0 aliphatic carbocycles. The Labute approximate surface area is 397 Å². The molecular formula is C54H94NO9P. The van der Waals surface area contributed by atoms with Crippen LogP contribution in [0.5, 0.6) is 0 Å². The highest BCUT2D eigenvalue weighted by molar-refractivity contribution is 7.45. The molecule has 0 amide bonds. The number of aliphatic hydroxyl groups excluding tert-OH is 1. The molecule has 0 radical (unpaired) electrons. The second kappa shape index (κ2) is 45.0. The van der Waals surface area contributed by atoms with Gasteiger partial charge in [-0.2, -0.15) is 0 Å². The fourth-order valence-corrected chi connectivity index (χ4v) is 7.25. The number of rotatable bonds is 45. The highest BCUT2D eigenvalue weighted by atomic mass is 31.2. The fraction of sp³-hybridized carbons (Fsp3) is 0.704. The number of allylic oxidation sites excluding steroid dienone is 12. The summed E-state index contributed by atoms with van der Waals surface area (Å²) in [5.74, 6) is -0.966. The van der Waals surface area contributed by atoms with E-state index in [2.05, 4.69) is 44.2 Å². The van der Waals surface area contributed by atoms with E-state index >= 15 is 0 Å². The van der Waals surface area contributed by atoms with Crippen molar-refractivity contribution in [2.24, 2.45) is 0 Å². The maximum Gasteiger partial charge on any atom is 0.306 e. The van der Waals surface area contributed by atoms with E-state index < -0.39 is 38.6 Å². The number of esters is 2. The van der Waals surface area contributed by atoms with Gasteiger partial charge in [-0.15, -0.1) is 0 Å². The van der Waals surface area contributed by atoms with Crippen LogP contribution in [0.3, 0.4) is 0 Å². The average molecular weight is 932 g/mol.